The number of halogens is 3. The van der Waals surface area contributed by atoms with Crippen LogP contribution in [0.4, 0.5) is 24.7 Å². The summed E-state index contributed by atoms with van der Waals surface area (Å²) in [5.41, 5.74) is 5.30. The first-order chi connectivity index (χ1) is 8.20. The van der Waals surface area contributed by atoms with Crippen molar-refractivity contribution < 1.29 is 23.1 Å². The lowest BCUT2D eigenvalue weighted by atomic mass is 10.2. The number of nitrogen functional groups attached to an aromatic ring is 1. The summed E-state index contributed by atoms with van der Waals surface area (Å²) in [6.45, 7) is -0.374. The van der Waals surface area contributed by atoms with Gasteiger partial charge in [0.2, 0.25) is 0 Å². The van der Waals surface area contributed by atoms with E-state index in [1.807, 2.05) is 0 Å². The molecule has 0 fully saturated rings. The molecule has 0 saturated heterocycles. The van der Waals surface area contributed by atoms with Gasteiger partial charge in [-0.1, -0.05) is 0 Å². The second-order valence-corrected chi connectivity index (χ2v) is 3.73. The largest absolute Gasteiger partial charge is 0.478 e. The van der Waals surface area contributed by atoms with Gasteiger partial charge in [0.1, 0.15) is 11.4 Å². The second kappa shape index (κ2) is 5.11. The molecule has 0 aromatic carbocycles. The van der Waals surface area contributed by atoms with Crippen molar-refractivity contribution in [1.29, 1.82) is 0 Å². The minimum Gasteiger partial charge on any atom is -0.478 e. The van der Waals surface area contributed by atoms with Gasteiger partial charge < -0.3 is 15.7 Å². The van der Waals surface area contributed by atoms with E-state index in [4.69, 9.17) is 10.8 Å². The third kappa shape index (κ3) is 3.79. The van der Waals surface area contributed by atoms with E-state index >= 15 is 0 Å². The molecule has 0 spiro atoms. The fourth-order valence-corrected chi connectivity index (χ4v) is 1.34. The maximum absolute atomic E-state index is 12.1. The van der Waals surface area contributed by atoms with E-state index < -0.39 is 18.6 Å². The van der Waals surface area contributed by atoms with Crippen molar-refractivity contribution in [1.82, 2.24) is 4.98 Å². The maximum atomic E-state index is 12.1. The van der Waals surface area contributed by atoms with E-state index in [9.17, 15) is 18.0 Å². The van der Waals surface area contributed by atoms with Gasteiger partial charge in [0.15, 0.2) is 0 Å². The van der Waals surface area contributed by atoms with Crippen LogP contribution in [0.2, 0.25) is 0 Å². The highest BCUT2D eigenvalue weighted by atomic mass is 19.4. The number of hydrogen-bond donors (Lipinski definition) is 2. The number of carboxylic acid groups (broad SMARTS) is 1. The quantitative estimate of drug-likeness (QED) is 0.865. The summed E-state index contributed by atoms with van der Waals surface area (Å²) in [4.78, 5) is 15.8. The fourth-order valence-electron chi connectivity index (χ4n) is 1.34. The van der Waals surface area contributed by atoms with Crippen LogP contribution in [0.15, 0.2) is 12.3 Å². The third-order valence-corrected chi connectivity index (χ3v) is 2.21. The molecule has 1 aromatic heterocycles. The van der Waals surface area contributed by atoms with E-state index in [0.717, 1.165) is 11.0 Å². The van der Waals surface area contributed by atoms with Gasteiger partial charge in [0.05, 0.1) is 18.3 Å². The number of hydrogen-bond acceptors (Lipinski definition) is 4. The Bertz CT molecular complexity index is 448. The first-order valence-corrected chi connectivity index (χ1v) is 4.97. The highest BCUT2D eigenvalue weighted by Crippen LogP contribution is 2.23. The lowest BCUT2D eigenvalue weighted by Gasteiger charge is -2.20. The van der Waals surface area contributed by atoms with E-state index in [-0.39, 0.29) is 23.6 Å². The second-order valence-electron chi connectivity index (χ2n) is 3.73. The number of carbonyl (C=O) groups is 1. The minimum atomic E-state index is -4.30. The van der Waals surface area contributed by atoms with Crippen LogP contribution in [0.1, 0.15) is 16.8 Å². The van der Waals surface area contributed by atoms with Crippen LogP contribution in [0.25, 0.3) is 0 Å². The van der Waals surface area contributed by atoms with Crippen LogP contribution in [-0.2, 0) is 0 Å². The maximum Gasteiger partial charge on any atom is 0.390 e. The van der Waals surface area contributed by atoms with Gasteiger partial charge in [-0.25, -0.2) is 9.78 Å². The Morgan fingerprint density at radius 3 is 2.67 bits per heavy atom. The van der Waals surface area contributed by atoms with Crippen LogP contribution in [0.5, 0.6) is 0 Å². The summed E-state index contributed by atoms with van der Waals surface area (Å²) in [6, 6.07) is 1.16. The van der Waals surface area contributed by atoms with Crippen LogP contribution in [0.3, 0.4) is 0 Å². The lowest BCUT2D eigenvalue weighted by Crippen LogP contribution is -2.26. The number of alkyl halides is 3. The fraction of sp³-hybridized carbons (Fsp3) is 0.400. The monoisotopic (exact) mass is 263 g/mol. The number of carboxylic acids is 1. The molecule has 0 radical (unpaired) electrons. The molecule has 0 unspecified atom stereocenters. The Kier molecular flexibility index (Phi) is 4.00. The number of rotatable bonds is 4. The molecule has 3 N–H and O–H groups in total. The molecule has 0 aliphatic rings. The Hall–Kier alpha value is -1.99. The molecule has 0 atom stereocenters. The summed E-state index contributed by atoms with van der Waals surface area (Å²) in [6.07, 6.45) is -4.15. The van der Waals surface area contributed by atoms with Crippen LogP contribution in [0, 0.1) is 0 Å². The third-order valence-electron chi connectivity index (χ3n) is 2.21. The molecule has 5 nitrogen and oxygen atoms in total. The molecule has 0 amide bonds. The normalized spacial score (nSPS) is 11.3. The number of anilines is 2. The Morgan fingerprint density at radius 1 is 1.56 bits per heavy atom. The molecule has 0 aliphatic carbocycles. The number of nitrogens with zero attached hydrogens (tertiary/aromatic N) is 2. The summed E-state index contributed by atoms with van der Waals surface area (Å²) in [5, 5.41) is 8.92. The summed E-state index contributed by atoms with van der Waals surface area (Å²) in [7, 11) is 1.34. The number of pyridine rings is 1. The first kappa shape index (κ1) is 14.1. The predicted octanol–water partition coefficient (Wildman–Crippen LogP) is 1.75. The van der Waals surface area contributed by atoms with Gasteiger partial charge in [-0.3, -0.25) is 0 Å². The number of aromatic nitrogens is 1. The van der Waals surface area contributed by atoms with Crippen molar-refractivity contribution in [2.45, 2.75) is 12.6 Å². The SMILES string of the molecule is CN(CCC(F)(F)F)c1ncc(N)cc1C(=O)O. The van der Waals surface area contributed by atoms with Crippen molar-refractivity contribution in [3.8, 4) is 0 Å². The molecule has 100 valence electrons. The van der Waals surface area contributed by atoms with E-state index in [2.05, 4.69) is 4.98 Å². The Labute approximate surface area is 101 Å². The molecular formula is C10H12F3N3O2. The zero-order valence-corrected chi connectivity index (χ0v) is 9.53. The van der Waals surface area contributed by atoms with E-state index in [1.54, 1.807) is 0 Å². The van der Waals surface area contributed by atoms with Gasteiger partial charge in [0, 0.05) is 13.6 Å². The van der Waals surface area contributed by atoms with E-state index in [0.29, 0.717) is 0 Å². The summed E-state index contributed by atoms with van der Waals surface area (Å²) < 4.78 is 36.2. The van der Waals surface area contributed by atoms with Crippen molar-refractivity contribution >= 4 is 17.5 Å². The lowest BCUT2D eigenvalue weighted by molar-refractivity contribution is -0.132. The highest BCUT2D eigenvalue weighted by Gasteiger charge is 2.28. The average Bonchev–Trinajstić information content (AvgIpc) is 2.24. The molecule has 1 aromatic rings. The average molecular weight is 263 g/mol. The Morgan fingerprint density at radius 2 is 2.17 bits per heavy atom. The summed E-state index contributed by atoms with van der Waals surface area (Å²) >= 11 is 0. The van der Waals surface area contributed by atoms with Gasteiger partial charge in [0.25, 0.3) is 0 Å². The van der Waals surface area contributed by atoms with Crippen molar-refractivity contribution in [3.05, 3.63) is 17.8 Å². The zero-order valence-electron chi connectivity index (χ0n) is 9.53. The molecular weight excluding hydrogens is 251 g/mol. The van der Waals surface area contributed by atoms with Gasteiger partial charge in [-0.05, 0) is 6.07 Å². The Balaban J connectivity index is 2.91. The first-order valence-electron chi connectivity index (χ1n) is 4.97. The molecule has 0 bridgehead atoms. The van der Waals surface area contributed by atoms with Crippen molar-refractivity contribution in [3.63, 3.8) is 0 Å². The molecule has 18 heavy (non-hydrogen) atoms. The smallest absolute Gasteiger partial charge is 0.390 e. The topological polar surface area (TPSA) is 79.5 Å². The number of aromatic carboxylic acids is 1. The minimum absolute atomic E-state index is 0.0408. The van der Waals surface area contributed by atoms with Gasteiger partial charge >= 0.3 is 12.1 Å². The van der Waals surface area contributed by atoms with Crippen LogP contribution < -0.4 is 10.6 Å². The van der Waals surface area contributed by atoms with Crippen LogP contribution >= 0.6 is 0 Å². The van der Waals surface area contributed by atoms with Gasteiger partial charge in [-0.15, -0.1) is 0 Å². The number of nitrogens with two attached hydrogens (primary N) is 1. The molecule has 1 heterocycles. The van der Waals surface area contributed by atoms with E-state index in [1.165, 1.54) is 13.2 Å². The molecule has 8 heteroatoms. The highest BCUT2D eigenvalue weighted by molar-refractivity contribution is 5.94. The van der Waals surface area contributed by atoms with Crippen molar-refractivity contribution in [2.75, 3.05) is 24.2 Å². The van der Waals surface area contributed by atoms with Crippen LogP contribution in [-0.4, -0.2) is 35.8 Å². The predicted molar refractivity (Wildman–Crippen MR) is 59.6 cm³/mol. The molecule has 1 rings (SSSR count). The summed E-state index contributed by atoms with van der Waals surface area (Å²) in [5.74, 6) is -1.33. The van der Waals surface area contributed by atoms with Crippen molar-refractivity contribution in [2.24, 2.45) is 0 Å². The zero-order chi connectivity index (χ0) is 13.9. The van der Waals surface area contributed by atoms with Gasteiger partial charge in [-0.2, -0.15) is 13.2 Å². The molecule has 0 aliphatic heterocycles. The molecule has 0 saturated carbocycles. The standard InChI is InChI=1S/C10H12F3N3O2/c1-16(3-2-10(11,12)13)8-7(9(17)18)4-6(14)5-15-8/h4-5H,2-3,14H2,1H3,(H,17,18).